The zero-order valence-corrected chi connectivity index (χ0v) is 18.1. The van der Waals surface area contributed by atoms with Crippen molar-refractivity contribution in [2.75, 3.05) is 0 Å². The molecule has 0 heterocycles. The first-order valence-corrected chi connectivity index (χ1v) is 9.24. The molecule has 0 spiro atoms. The van der Waals surface area contributed by atoms with E-state index in [1.54, 1.807) is 6.07 Å². The molecule has 27 heavy (non-hydrogen) atoms. The van der Waals surface area contributed by atoms with Gasteiger partial charge in [-0.25, -0.2) is 4.89 Å². The van der Waals surface area contributed by atoms with Crippen LogP contribution in [-0.4, -0.2) is 16.6 Å². The fraction of sp³-hybridized carbons (Fsp3) is 0.500. The molecule has 0 aromatic heterocycles. The molecular formula is C18H19NaO7S. The van der Waals surface area contributed by atoms with Crippen LogP contribution in [0.4, 0.5) is 0 Å². The van der Waals surface area contributed by atoms with E-state index < -0.39 is 11.0 Å². The maximum Gasteiger partial charge on any atom is 1.00 e. The molecule has 1 saturated carbocycles. The average Bonchev–Trinajstić information content (AvgIpc) is 2.93. The molecule has 140 valence electrons. The molecule has 0 saturated heterocycles. The van der Waals surface area contributed by atoms with Gasteiger partial charge >= 0.3 is 29.6 Å². The Morgan fingerprint density at radius 2 is 2.00 bits per heavy atom. The van der Waals surface area contributed by atoms with Crippen LogP contribution in [0.5, 0.6) is 5.75 Å². The van der Waals surface area contributed by atoms with E-state index >= 15 is 0 Å². The molecule has 9 heteroatoms. The summed E-state index contributed by atoms with van der Waals surface area (Å²) in [7, 11) is 0. The van der Waals surface area contributed by atoms with Gasteiger partial charge in [0.25, 0.3) is 12.3 Å². The van der Waals surface area contributed by atoms with Crippen molar-refractivity contribution in [1.29, 1.82) is 0 Å². The maximum absolute atomic E-state index is 12.5. The van der Waals surface area contributed by atoms with Crippen molar-refractivity contribution in [1.82, 2.24) is 0 Å². The number of allylic oxidation sites excluding steroid dienone is 1. The Bertz CT molecular complexity index is 783. The fourth-order valence-electron chi connectivity index (χ4n) is 4.96. The number of benzene rings is 1. The summed E-state index contributed by atoms with van der Waals surface area (Å²) in [5.74, 6) is 0.727. The first kappa shape index (κ1) is 21.3. The minimum absolute atomic E-state index is 0. The maximum atomic E-state index is 12.5. The Morgan fingerprint density at radius 3 is 2.74 bits per heavy atom. The van der Waals surface area contributed by atoms with Crippen LogP contribution in [0.3, 0.4) is 0 Å². The number of fused-ring (bicyclic) bond motifs is 4. The molecule has 0 bridgehead atoms. The Labute approximate surface area is 183 Å². The van der Waals surface area contributed by atoms with Gasteiger partial charge in [0.2, 0.25) is 0 Å². The number of carbonyl (C=O) groups excluding carboxylic acids is 1. The minimum Gasteiger partial charge on any atom is -0.691 e. The topological polar surface area (TPSA) is 97.3 Å². The number of carbonyl (C=O) groups is 1. The van der Waals surface area contributed by atoms with Crippen LogP contribution in [0.25, 0.3) is 5.57 Å². The minimum atomic E-state index is -0.903. The van der Waals surface area contributed by atoms with Gasteiger partial charge in [-0.1, -0.05) is 6.07 Å². The smallest absolute Gasteiger partial charge is 0.691 e. The number of hydrogen-bond acceptors (Lipinski definition) is 8. The number of ketones is 1. The van der Waals surface area contributed by atoms with Crippen LogP contribution < -0.4 is 39.0 Å². The van der Waals surface area contributed by atoms with Gasteiger partial charge in [0.05, 0.1) is 5.41 Å². The molecule has 1 unspecified atom stereocenters. The van der Waals surface area contributed by atoms with Crippen molar-refractivity contribution in [3.05, 3.63) is 34.9 Å². The average molecular weight is 402 g/mol. The SMILES string of the molecule is C[C@]12CCC3=C(CCc4cc(OSOO[O-])ccc43)C1(OO)CCC2=O.[Na+]. The molecule has 1 aromatic carbocycles. The van der Waals surface area contributed by atoms with Crippen LogP contribution >= 0.6 is 12.3 Å². The molecule has 7 nitrogen and oxygen atoms in total. The molecule has 3 aliphatic rings. The summed E-state index contributed by atoms with van der Waals surface area (Å²) < 4.78 is 9.35. The Hall–Kier alpha value is -0.420. The zero-order valence-electron chi connectivity index (χ0n) is 15.3. The van der Waals surface area contributed by atoms with E-state index in [4.69, 9.17) is 9.07 Å². The summed E-state index contributed by atoms with van der Waals surface area (Å²) in [5.41, 5.74) is 2.87. The second-order valence-corrected chi connectivity index (χ2v) is 7.68. The fourth-order valence-corrected chi connectivity index (χ4v) is 5.19. The summed E-state index contributed by atoms with van der Waals surface area (Å²) in [6.45, 7) is 1.92. The number of Topliss-reactive ketones (excluding diaryl/α,β-unsaturated/α-hetero) is 1. The molecule has 0 aliphatic heterocycles. The van der Waals surface area contributed by atoms with Crippen LogP contribution in [0.15, 0.2) is 23.8 Å². The van der Waals surface area contributed by atoms with E-state index in [9.17, 15) is 15.3 Å². The third-order valence-electron chi connectivity index (χ3n) is 6.33. The van der Waals surface area contributed by atoms with E-state index in [-0.39, 0.29) is 35.3 Å². The van der Waals surface area contributed by atoms with E-state index in [0.29, 0.717) is 37.3 Å². The van der Waals surface area contributed by atoms with E-state index in [1.807, 2.05) is 19.1 Å². The van der Waals surface area contributed by atoms with Crippen LogP contribution in [-0.2, 0) is 25.5 Å². The van der Waals surface area contributed by atoms with Crippen molar-refractivity contribution < 1.29 is 63.3 Å². The van der Waals surface area contributed by atoms with Crippen LogP contribution in [0.2, 0.25) is 0 Å². The second-order valence-electron chi connectivity index (χ2n) is 7.24. The van der Waals surface area contributed by atoms with Crippen LogP contribution in [0, 0.1) is 5.41 Å². The van der Waals surface area contributed by atoms with Gasteiger partial charge in [0, 0.05) is 6.42 Å². The van der Waals surface area contributed by atoms with Crippen molar-refractivity contribution in [3.63, 3.8) is 0 Å². The number of hydrogen-bond donors (Lipinski definition) is 1. The summed E-state index contributed by atoms with van der Waals surface area (Å²) in [6, 6.07) is 5.65. The monoisotopic (exact) mass is 402 g/mol. The summed E-state index contributed by atoms with van der Waals surface area (Å²) in [4.78, 5) is 17.6. The summed E-state index contributed by atoms with van der Waals surface area (Å²) in [5, 5.41) is 22.9. The summed E-state index contributed by atoms with van der Waals surface area (Å²) in [6.07, 6.45) is 3.88. The normalized spacial score (nSPS) is 28.9. The van der Waals surface area contributed by atoms with Gasteiger partial charge in [-0.05, 0) is 73.4 Å². The Balaban J connectivity index is 0.00000210. The predicted molar refractivity (Wildman–Crippen MR) is 90.1 cm³/mol. The standard InChI is InChI=1S/C18H20O7S.Na/c1-17-8-6-14-13-4-3-12(22-26-25-24-21)10-11(13)2-5-15(14)18(17,23-20)9-7-16(17)19;/h3-4,10,20-21H,2,5-9H2,1H3;/q;+1/p-1/t17-,18?;/m1./s1. The van der Waals surface area contributed by atoms with Gasteiger partial charge in [-0.3, -0.25) is 15.1 Å². The van der Waals surface area contributed by atoms with Crippen molar-refractivity contribution in [2.24, 2.45) is 5.41 Å². The largest absolute Gasteiger partial charge is 1.00 e. The van der Waals surface area contributed by atoms with Crippen molar-refractivity contribution >= 4 is 23.7 Å². The van der Waals surface area contributed by atoms with Crippen LogP contribution in [0.1, 0.15) is 50.2 Å². The zero-order chi connectivity index (χ0) is 18.4. The molecular weight excluding hydrogens is 383 g/mol. The second kappa shape index (κ2) is 8.14. The quantitative estimate of drug-likeness (QED) is 0.241. The molecule has 4 rings (SSSR count). The third kappa shape index (κ3) is 3.21. The molecule has 2 atom stereocenters. The number of aryl methyl sites for hydroxylation is 1. The molecule has 1 aromatic rings. The Morgan fingerprint density at radius 1 is 1.19 bits per heavy atom. The Kier molecular flexibility index (Phi) is 6.42. The van der Waals surface area contributed by atoms with Gasteiger partial charge in [-0.15, -0.1) is 4.33 Å². The molecule has 3 aliphatic carbocycles. The first-order valence-electron chi connectivity index (χ1n) is 8.57. The predicted octanol–water partition coefficient (Wildman–Crippen LogP) is -0.0527. The van der Waals surface area contributed by atoms with Gasteiger partial charge in [0.1, 0.15) is 17.1 Å². The van der Waals surface area contributed by atoms with E-state index in [1.165, 1.54) is 0 Å². The molecule has 0 radical (unpaired) electrons. The number of rotatable bonds is 5. The summed E-state index contributed by atoms with van der Waals surface area (Å²) >= 11 is 0.458. The van der Waals surface area contributed by atoms with E-state index in [0.717, 1.165) is 41.5 Å². The van der Waals surface area contributed by atoms with Gasteiger partial charge in [-0.2, -0.15) is 0 Å². The van der Waals surface area contributed by atoms with Crippen molar-refractivity contribution in [3.8, 4) is 5.75 Å². The third-order valence-corrected chi connectivity index (χ3v) is 6.70. The van der Waals surface area contributed by atoms with Gasteiger partial charge < -0.3 is 9.44 Å². The van der Waals surface area contributed by atoms with Gasteiger partial charge in [0.15, 0.2) is 0 Å². The van der Waals surface area contributed by atoms with Crippen molar-refractivity contribution in [2.45, 2.75) is 51.0 Å². The molecule has 1 fully saturated rings. The molecule has 0 amide bonds. The molecule has 1 N–H and O–H groups in total. The first-order chi connectivity index (χ1) is 12.6. The van der Waals surface area contributed by atoms with E-state index in [2.05, 4.69) is 9.37 Å².